The Bertz CT molecular complexity index is 793. The largest absolute Gasteiger partial charge is 0.385 e. The Morgan fingerprint density at radius 1 is 1.00 bits per heavy atom. The first kappa shape index (κ1) is 25.0. The van der Waals surface area contributed by atoms with Gasteiger partial charge >= 0.3 is 0 Å². The van der Waals surface area contributed by atoms with Crippen molar-refractivity contribution in [3.8, 4) is 0 Å². The van der Waals surface area contributed by atoms with Gasteiger partial charge in [0, 0.05) is 37.6 Å². The van der Waals surface area contributed by atoms with E-state index in [0.29, 0.717) is 6.54 Å². The van der Waals surface area contributed by atoms with Crippen molar-refractivity contribution in [3.05, 3.63) is 23.3 Å². The predicted molar refractivity (Wildman–Crippen MR) is 127 cm³/mol. The van der Waals surface area contributed by atoms with Crippen molar-refractivity contribution < 1.29 is 13.2 Å². The maximum Gasteiger partial charge on any atom is 0.216 e. The Hall–Kier alpha value is -1.31. The maximum atomic E-state index is 12.0. The fourth-order valence-electron chi connectivity index (χ4n) is 3.78. The normalized spacial score (nSPS) is 20.4. The van der Waals surface area contributed by atoms with Crippen LogP contribution < -0.4 is 14.9 Å². The monoisotopic (exact) mass is 439 g/mol. The zero-order valence-corrected chi connectivity index (χ0v) is 20.7. The van der Waals surface area contributed by atoms with Crippen LogP contribution in [0.3, 0.4) is 0 Å². The maximum absolute atomic E-state index is 12.0. The molecule has 1 aliphatic heterocycles. The van der Waals surface area contributed by atoms with Crippen LogP contribution in [0.5, 0.6) is 0 Å². The Balaban J connectivity index is 1.79. The van der Waals surface area contributed by atoms with Crippen LogP contribution in [0.25, 0.3) is 0 Å². The van der Waals surface area contributed by atoms with Gasteiger partial charge in [0.1, 0.15) is 0 Å². The van der Waals surface area contributed by atoms with E-state index in [1.165, 1.54) is 22.5 Å². The van der Waals surface area contributed by atoms with Gasteiger partial charge in [-0.2, -0.15) is 0 Å². The molecule has 0 radical (unpaired) electrons. The van der Waals surface area contributed by atoms with Gasteiger partial charge in [-0.15, -0.1) is 0 Å². The number of aryl methyl sites for hydroxylation is 2. The molecule has 1 aromatic rings. The van der Waals surface area contributed by atoms with E-state index in [-0.39, 0.29) is 12.2 Å². The van der Waals surface area contributed by atoms with Crippen LogP contribution in [-0.2, 0) is 14.8 Å². The first-order valence-electron chi connectivity index (χ1n) is 11.2. The van der Waals surface area contributed by atoms with Crippen LogP contribution in [0.15, 0.2) is 12.1 Å². The summed E-state index contributed by atoms with van der Waals surface area (Å²) >= 11 is 0. The molecule has 0 spiro atoms. The number of nitrogens with zero attached hydrogens (tertiary/aromatic N) is 1. The minimum absolute atomic E-state index is 0.249. The number of rotatable bonds is 9. The number of hydrogen-bond donors (Lipinski definition) is 2. The highest BCUT2D eigenvalue weighted by molar-refractivity contribution is 7.90. The van der Waals surface area contributed by atoms with Crippen molar-refractivity contribution in [2.24, 2.45) is 0 Å². The molecule has 2 rings (SSSR count). The van der Waals surface area contributed by atoms with Gasteiger partial charge in [-0.1, -0.05) is 6.42 Å². The van der Waals surface area contributed by atoms with E-state index in [1.54, 1.807) is 20.8 Å². The second-order valence-corrected chi connectivity index (χ2v) is 12.1. The molecule has 7 heteroatoms. The zero-order valence-electron chi connectivity index (χ0n) is 19.8. The van der Waals surface area contributed by atoms with Crippen LogP contribution in [0.4, 0.5) is 11.4 Å². The fourth-order valence-corrected chi connectivity index (χ4v) is 4.63. The smallest absolute Gasteiger partial charge is 0.216 e. The molecule has 2 atom stereocenters. The molecule has 2 N–H and O–H groups in total. The first-order valence-corrected chi connectivity index (χ1v) is 12.6. The fraction of sp³-hybridized carbons (Fsp3) is 0.739. The second-order valence-electron chi connectivity index (χ2n) is 9.61. The lowest BCUT2D eigenvalue weighted by Gasteiger charge is -2.38. The molecule has 0 aromatic heterocycles. The average Bonchev–Trinajstić information content (AvgIpc) is 2.61. The topological polar surface area (TPSA) is 70.7 Å². The third kappa shape index (κ3) is 6.86. The summed E-state index contributed by atoms with van der Waals surface area (Å²) in [5, 5.41) is 3.55. The number of morpholine rings is 1. The van der Waals surface area contributed by atoms with E-state index in [2.05, 4.69) is 54.8 Å². The third-order valence-electron chi connectivity index (χ3n) is 5.57. The summed E-state index contributed by atoms with van der Waals surface area (Å²) in [7, 11) is -3.24. The van der Waals surface area contributed by atoms with Gasteiger partial charge in [0.05, 0.1) is 17.0 Å². The molecule has 0 saturated carbocycles. The number of nitrogens with one attached hydrogen (secondary N) is 2. The summed E-state index contributed by atoms with van der Waals surface area (Å²) in [5.41, 5.74) is 5.01. The third-order valence-corrected chi connectivity index (χ3v) is 7.77. The van der Waals surface area contributed by atoms with Crippen LogP contribution in [0.1, 0.15) is 65.0 Å². The lowest BCUT2D eigenvalue weighted by molar-refractivity contribution is -0.00524. The molecular weight excluding hydrogens is 398 g/mol. The van der Waals surface area contributed by atoms with Gasteiger partial charge < -0.3 is 15.0 Å². The highest BCUT2D eigenvalue weighted by Gasteiger charge is 2.28. The van der Waals surface area contributed by atoms with Crippen molar-refractivity contribution in [1.29, 1.82) is 0 Å². The Morgan fingerprint density at radius 3 is 2.20 bits per heavy atom. The summed E-state index contributed by atoms with van der Waals surface area (Å²) in [6.45, 7) is 17.0. The first-order chi connectivity index (χ1) is 13.9. The highest BCUT2D eigenvalue weighted by Crippen LogP contribution is 2.29. The molecule has 1 heterocycles. The standard InChI is InChI=1S/C23H41N3O3S/c1-17-14-22(26-15-19(3)29-20(4)16-26)18(2)13-21(17)24-11-9-8-10-12-25-30(27,28)23(5,6)7/h13-14,19-20,24-25H,8-12,15-16H2,1-7H3/t19-,20+. The van der Waals surface area contributed by atoms with Gasteiger partial charge in [-0.05, 0) is 84.6 Å². The molecule has 0 bridgehead atoms. The van der Waals surface area contributed by atoms with Gasteiger partial charge in [0.15, 0.2) is 0 Å². The number of ether oxygens (including phenoxy) is 1. The predicted octanol–water partition coefficient (Wildman–Crippen LogP) is 4.22. The lowest BCUT2D eigenvalue weighted by atomic mass is 10.1. The summed E-state index contributed by atoms with van der Waals surface area (Å²) in [6, 6.07) is 4.52. The molecule has 1 fully saturated rings. The molecule has 1 saturated heterocycles. The summed E-state index contributed by atoms with van der Waals surface area (Å²) in [5.74, 6) is 0. The minimum atomic E-state index is -3.24. The Morgan fingerprint density at radius 2 is 1.60 bits per heavy atom. The van der Waals surface area contributed by atoms with E-state index in [0.717, 1.165) is 38.9 Å². The number of unbranched alkanes of at least 4 members (excludes halogenated alkanes) is 2. The van der Waals surface area contributed by atoms with Crippen LogP contribution >= 0.6 is 0 Å². The Labute approximate surface area is 183 Å². The zero-order chi connectivity index (χ0) is 22.5. The molecule has 0 unspecified atom stereocenters. The molecule has 172 valence electrons. The molecule has 0 amide bonds. The molecular formula is C23H41N3O3S. The van der Waals surface area contributed by atoms with Gasteiger partial charge in [-0.25, -0.2) is 13.1 Å². The number of sulfonamides is 1. The minimum Gasteiger partial charge on any atom is -0.385 e. The quantitative estimate of drug-likeness (QED) is 0.564. The Kier molecular flexibility index (Phi) is 8.60. The molecule has 1 aliphatic rings. The van der Waals surface area contributed by atoms with E-state index < -0.39 is 14.8 Å². The van der Waals surface area contributed by atoms with Gasteiger partial charge in [0.2, 0.25) is 10.0 Å². The van der Waals surface area contributed by atoms with Crippen molar-refractivity contribution in [2.45, 2.75) is 84.7 Å². The average molecular weight is 440 g/mol. The van der Waals surface area contributed by atoms with E-state index in [1.807, 2.05) is 0 Å². The van der Waals surface area contributed by atoms with E-state index in [4.69, 9.17) is 4.74 Å². The summed E-state index contributed by atoms with van der Waals surface area (Å²) in [4.78, 5) is 2.43. The molecule has 6 nitrogen and oxygen atoms in total. The lowest BCUT2D eigenvalue weighted by Crippen LogP contribution is -2.45. The molecule has 30 heavy (non-hydrogen) atoms. The summed E-state index contributed by atoms with van der Waals surface area (Å²) < 4.78 is 31.9. The van der Waals surface area contributed by atoms with Crippen LogP contribution in [0.2, 0.25) is 0 Å². The van der Waals surface area contributed by atoms with Crippen LogP contribution in [-0.4, -0.2) is 51.6 Å². The van der Waals surface area contributed by atoms with Crippen molar-refractivity contribution in [3.63, 3.8) is 0 Å². The van der Waals surface area contributed by atoms with Gasteiger partial charge in [0.25, 0.3) is 0 Å². The molecule has 1 aromatic carbocycles. The number of benzene rings is 1. The van der Waals surface area contributed by atoms with Crippen LogP contribution in [0, 0.1) is 13.8 Å². The van der Waals surface area contributed by atoms with Gasteiger partial charge in [-0.3, -0.25) is 0 Å². The SMILES string of the molecule is Cc1cc(N2C[C@@H](C)O[C@@H](C)C2)c(C)cc1NCCCCCNS(=O)(=O)C(C)(C)C. The van der Waals surface area contributed by atoms with E-state index in [9.17, 15) is 8.42 Å². The number of anilines is 2. The number of hydrogen-bond acceptors (Lipinski definition) is 5. The highest BCUT2D eigenvalue weighted by atomic mass is 32.2. The molecule has 0 aliphatic carbocycles. The second kappa shape index (κ2) is 10.3. The van der Waals surface area contributed by atoms with Crippen molar-refractivity contribution >= 4 is 21.4 Å². The van der Waals surface area contributed by atoms with Crippen molar-refractivity contribution in [2.75, 3.05) is 36.4 Å². The van der Waals surface area contributed by atoms with E-state index >= 15 is 0 Å². The van der Waals surface area contributed by atoms with Crippen molar-refractivity contribution in [1.82, 2.24) is 4.72 Å². The summed E-state index contributed by atoms with van der Waals surface area (Å²) in [6.07, 6.45) is 3.34.